The first kappa shape index (κ1) is 40.7. The van der Waals surface area contributed by atoms with Crippen molar-refractivity contribution in [1.29, 1.82) is 0 Å². The number of aldehydes is 1. The smallest absolute Gasteiger partial charge is 0.321 e. The molecule has 0 aliphatic rings. The molecule has 0 aliphatic carbocycles. The molecule has 5 rings (SSSR count). The van der Waals surface area contributed by atoms with Gasteiger partial charge in [0.25, 0.3) is 0 Å². The average molecular weight is 779 g/mol. The maximum atomic E-state index is 15.4. The van der Waals surface area contributed by atoms with E-state index in [9.17, 15) is 22.8 Å². The molecule has 55 heavy (non-hydrogen) atoms. The molecular weight excluding hydrogens is 735 g/mol. The summed E-state index contributed by atoms with van der Waals surface area (Å²) in [5.41, 5.74) is 1.88. The number of benzene rings is 3. The molecule has 12 nitrogen and oxygen atoms in total. The first-order valence-electron chi connectivity index (χ1n) is 18.0. The molecule has 1 N–H and O–H groups in total. The van der Waals surface area contributed by atoms with Crippen molar-refractivity contribution in [1.82, 2.24) is 19.7 Å². The van der Waals surface area contributed by atoms with Crippen molar-refractivity contribution in [3.8, 4) is 22.8 Å². The van der Waals surface area contributed by atoms with Crippen LogP contribution < -0.4 is 4.74 Å². The summed E-state index contributed by atoms with van der Waals surface area (Å²) in [4.78, 5) is 42.8. The zero-order valence-corrected chi connectivity index (χ0v) is 32.0. The number of aryl methyl sites for hydroxylation is 1. The third-order valence-electron chi connectivity index (χ3n) is 8.98. The number of H-pyrrole nitrogens is 1. The topological polar surface area (TPSA) is 160 Å². The number of sulfone groups is 1. The molecule has 0 saturated heterocycles. The van der Waals surface area contributed by atoms with Gasteiger partial charge in [0.2, 0.25) is 0 Å². The quantitative estimate of drug-likeness (QED) is 0.0655. The molecule has 0 aliphatic heterocycles. The molecule has 2 heterocycles. The fourth-order valence-corrected chi connectivity index (χ4v) is 8.45. The summed E-state index contributed by atoms with van der Waals surface area (Å²) in [5, 5.41) is 4.76. The Morgan fingerprint density at radius 2 is 1.76 bits per heavy atom. The number of esters is 2. The van der Waals surface area contributed by atoms with E-state index in [0.29, 0.717) is 37.5 Å². The fraction of sp³-hybridized carbons (Fsp3) is 0.375. The van der Waals surface area contributed by atoms with E-state index in [-0.39, 0.29) is 71.2 Å². The van der Waals surface area contributed by atoms with Gasteiger partial charge in [-0.3, -0.25) is 19.1 Å². The first-order chi connectivity index (χ1) is 26.2. The third-order valence-corrected chi connectivity index (χ3v) is 10.9. The van der Waals surface area contributed by atoms with Crippen LogP contribution in [0.5, 0.6) is 11.5 Å². The van der Waals surface area contributed by atoms with Crippen molar-refractivity contribution in [2.24, 2.45) is 5.41 Å². The fourth-order valence-electron chi connectivity index (χ4n) is 6.57. The monoisotopic (exact) mass is 778 g/mol. The number of fused-ring (bicyclic) bond motifs is 1. The van der Waals surface area contributed by atoms with Crippen LogP contribution in [0, 0.1) is 17.0 Å². The second kappa shape index (κ2) is 17.8. The predicted molar refractivity (Wildman–Crippen MR) is 202 cm³/mol. The van der Waals surface area contributed by atoms with Gasteiger partial charge in [-0.2, -0.15) is 5.10 Å². The van der Waals surface area contributed by atoms with Crippen LogP contribution >= 0.6 is 0 Å². The molecule has 2 aromatic heterocycles. The van der Waals surface area contributed by atoms with E-state index in [4.69, 9.17) is 19.3 Å². The summed E-state index contributed by atoms with van der Waals surface area (Å²) in [6.45, 7) is 7.41. The summed E-state index contributed by atoms with van der Waals surface area (Å²) >= 11 is 0. The number of hydrogen-bond donors (Lipinski definition) is 1. The van der Waals surface area contributed by atoms with Crippen molar-refractivity contribution in [2.75, 3.05) is 24.7 Å². The predicted octanol–water partition coefficient (Wildman–Crippen LogP) is 7.57. The molecule has 5 aromatic rings. The SMILES string of the molecule is CCOC(=O)CCc1cccc(C(CCCC(C)(C)CS(=O)(=O)CC(=O)OCC)n2ccc(-c3cc(Oc4c(F)cc5[nH]cnc5c4C=O)ccc3F)n2)c1. The van der Waals surface area contributed by atoms with E-state index < -0.39 is 38.6 Å². The van der Waals surface area contributed by atoms with Crippen molar-refractivity contribution in [2.45, 2.75) is 65.8 Å². The van der Waals surface area contributed by atoms with Gasteiger partial charge in [-0.05, 0) is 73.9 Å². The Morgan fingerprint density at radius 3 is 2.51 bits per heavy atom. The number of halogens is 2. The van der Waals surface area contributed by atoms with Crippen LogP contribution in [-0.4, -0.2) is 71.1 Å². The molecule has 1 unspecified atom stereocenters. The van der Waals surface area contributed by atoms with E-state index in [0.717, 1.165) is 23.3 Å². The van der Waals surface area contributed by atoms with Gasteiger partial charge in [0, 0.05) is 24.2 Å². The maximum absolute atomic E-state index is 15.4. The molecule has 0 amide bonds. The number of hydrogen-bond acceptors (Lipinski definition) is 10. The highest BCUT2D eigenvalue weighted by Gasteiger charge is 2.29. The number of carbonyl (C=O) groups excluding carboxylic acids is 3. The lowest BCUT2D eigenvalue weighted by Crippen LogP contribution is -2.29. The Balaban J connectivity index is 1.41. The van der Waals surface area contributed by atoms with Gasteiger partial charge in [0.15, 0.2) is 27.7 Å². The zero-order chi connectivity index (χ0) is 39.8. The van der Waals surface area contributed by atoms with E-state index in [2.05, 4.69) is 9.97 Å². The number of aromatic amines is 1. The van der Waals surface area contributed by atoms with Gasteiger partial charge in [0.05, 0.1) is 48.1 Å². The molecule has 3 aromatic carbocycles. The minimum absolute atomic E-state index is 0.0637. The number of ether oxygens (including phenoxy) is 3. The van der Waals surface area contributed by atoms with E-state index in [1.54, 1.807) is 30.8 Å². The van der Waals surface area contributed by atoms with Gasteiger partial charge in [-0.15, -0.1) is 0 Å². The van der Waals surface area contributed by atoms with E-state index >= 15 is 8.78 Å². The molecular formula is C40H44F2N4O8S. The van der Waals surface area contributed by atoms with Gasteiger partial charge >= 0.3 is 11.9 Å². The lowest BCUT2D eigenvalue weighted by molar-refractivity contribution is -0.143. The second-order valence-electron chi connectivity index (χ2n) is 13.9. The van der Waals surface area contributed by atoms with Gasteiger partial charge < -0.3 is 19.2 Å². The number of nitrogens with one attached hydrogen (secondary N) is 1. The van der Waals surface area contributed by atoms with Crippen molar-refractivity contribution in [3.05, 3.63) is 95.4 Å². The molecule has 0 saturated carbocycles. The number of nitrogens with zero attached hydrogens (tertiary/aromatic N) is 3. The van der Waals surface area contributed by atoms with Crippen LogP contribution in [0.25, 0.3) is 22.3 Å². The van der Waals surface area contributed by atoms with Crippen LogP contribution in [0.3, 0.4) is 0 Å². The molecule has 0 fully saturated rings. The molecule has 0 radical (unpaired) electrons. The van der Waals surface area contributed by atoms with Crippen LogP contribution in [0.2, 0.25) is 0 Å². The number of aromatic nitrogens is 4. The Hall–Kier alpha value is -5.44. The number of rotatable bonds is 19. The number of imidazole rings is 1. The largest absolute Gasteiger partial charge is 0.466 e. The highest BCUT2D eigenvalue weighted by atomic mass is 32.2. The summed E-state index contributed by atoms with van der Waals surface area (Å²) in [5.74, 6) is -3.67. The summed E-state index contributed by atoms with van der Waals surface area (Å²) in [6, 6.07) is 14.0. The Kier molecular flexibility index (Phi) is 13.2. The zero-order valence-electron chi connectivity index (χ0n) is 31.1. The normalized spacial score (nSPS) is 12.4. The standard InChI is InChI=1S/C40H44F2N4O8S/c1-5-52-36(48)15-12-26-9-7-10-27(19-26)35(11-8-17-40(3,4)24-55(50,51)23-37(49)53-6-2)46-18-16-33(45-46)29-20-28(13-14-31(29)41)54-39-30(22-47)38-34(21-32(39)42)43-25-44-38/h7,9-10,13-14,16,18-22,25,35H,5-6,8,11-12,15,17,23-24H2,1-4H3,(H,43,44). The summed E-state index contributed by atoms with van der Waals surface area (Å²) < 4.78 is 73.6. The lowest BCUT2D eigenvalue weighted by atomic mass is 9.87. The Morgan fingerprint density at radius 1 is 1.00 bits per heavy atom. The minimum Gasteiger partial charge on any atom is -0.466 e. The molecule has 0 spiro atoms. The highest BCUT2D eigenvalue weighted by Crippen LogP contribution is 2.36. The molecule has 1 atom stereocenters. The van der Waals surface area contributed by atoms with Crippen molar-refractivity contribution in [3.63, 3.8) is 0 Å². The van der Waals surface area contributed by atoms with Crippen molar-refractivity contribution < 1.29 is 45.8 Å². The lowest BCUT2D eigenvalue weighted by Gasteiger charge is -2.26. The molecule has 15 heteroatoms. The Labute approximate surface area is 318 Å². The van der Waals surface area contributed by atoms with Crippen LogP contribution in [-0.2, 0) is 35.3 Å². The first-order valence-corrected chi connectivity index (χ1v) is 19.8. The summed E-state index contributed by atoms with van der Waals surface area (Å²) in [7, 11) is -3.73. The molecule has 292 valence electrons. The van der Waals surface area contributed by atoms with Gasteiger partial charge in [0.1, 0.15) is 22.8 Å². The van der Waals surface area contributed by atoms with Gasteiger partial charge in [-0.25, -0.2) is 22.2 Å². The van der Waals surface area contributed by atoms with Crippen LogP contribution in [0.1, 0.15) is 80.9 Å². The third kappa shape index (κ3) is 10.6. The molecule has 0 bridgehead atoms. The highest BCUT2D eigenvalue weighted by molar-refractivity contribution is 7.92. The minimum atomic E-state index is -3.73. The van der Waals surface area contributed by atoms with Crippen LogP contribution in [0.15, 0.2) is 67.1 Å². The average Bonchev–Trinajstić information content (AvgIpc) is 3.80. The van der Waals surface area contributed by atoms with E-state index in [1.165, 1.54) is 18.5 Å². The maximum Gasteiger partial charge on any atom is 0.321 e. The van der Waals surface area contributed by atoms with Gasteiger partial charge in [-0.1, -0.05) is 44.5 Å². The van der Waals surface area contributed by atoms with Crippen molar-refractivity contribution >= 4 is 39.1 Å². The van der Waals surface area contributed by atoms with Crippen LogP contribution in [0.4, 0.5) is 8.78 Å². The summed E-state index contributed by atoms with van der Waals surface area (Å²) in [6.07, 6.45) is 5.72. The second-order valence-corrected chi connectivity index (χ2v) is 16.0. The van der Waals surface area contributed by atoms with E-state index in [1.807, 2.05) is 38.1 Å². The number of carbonyl (C=O) groups is 3. The Bertz CT molecular complexity index is 2270.